The lowest BCUT2D eigenvalue weighted by atomic mass is 9.94. The van der Waals surface area contributed by atoms with E-state index < -0.39 is 28.9 Å². The SMILES string of the molecule is O=C(Nc1ccc(F)cc1)C1(C(=O)Nc2ccc(Oc3ccnc4cc(CC5CCNCC5)sc34)c(F)c2)CC1. The number of anilines is 2. The second kappa shape index (κ2) is 10.9. The fourth-order valence-electron chi connectivity index (χ4n) is 5.01. The smallest absolute Gasteiger partial charge is 0.240 e. The van der Waals surface area contributed by atoms with E-state index in [0.717, 1.165) is 42.6 Å². The first-order chi connectivity index (χ1) is 19.4. The third-order valence-electron chi connectivity index (χ3n) is 7.51. The molecule has 0 atom stereocenters. The van der Waals surface area contributed by atoms with Crippen LogP contribution < -0.4 is 20.7 Å². The number of aromatic nitrogens is 1. The molecule has 2 aliphatic rings. The summed E-state index contributed by atoms with van der Waals surface area (Å²) in [6, 6.07) is 13.3. The summed E-state index contributed by atoms with van der Waals surface area (Å²) in [4.78, 5) is 31.5. The molecule has 0 spiro atoms. The molecule has 6 rings (SSSR count). The zero-order valence-corrected chi connectivity index (χ0v) is 22.5. The number of thiophene rings is 1. The highest BCUT2D eigenvalue weighted by atomic mass is 32.1. The van der Waals surface area contributed by atoms with E-state index in [1.165, 1.54) is 41.3 Å². The predicted molar refractivity (Wildman–Crippen MR) is 151 cm³/mol. The van der Waals surface area contributed by atoms with Gasteiger partial charge in [-0.25, -0.2) is 8.78 Å². The molecule has 4 aromatic rings. The summed E-state index contributed by atoms with van der Waals surface area (Å²) in [5.74, 6) is -0.874. The van der Waals surface area contributed by atoms with Gasteiger partial charge in [0, 0.05) is 34.6 Å². The Morgan fingerprint density at radius 1 is 0.950 bits per heavy atom. The summed E-state index contributed by atoms with van der Waals surface area (Å²) >= 11 is 1.62. The van der Waals surface area contributed by atoms with E-state index >= 15 is 4.39 Å². The number of nitrogens with one attached hydrogen (secondary N) is 3. The molecule has 1 saturated carbocycles. The van der Waals surface area contributed by atoms with Crippen molar-refractivity contribution in [3.05, 3.63) is 77.3 Å². The van der Waals surface area contributed by atoms with Crippen molar-refractivity contribution >= 4 is 44.7 Å². The van der Waals surface area contributed by atoms with Gasteiger partial charge in [-0.2, -0.15) is 0 Å². The summed E-state index contributed by atoms with van der Waals surface area (Å²) in [5, 5.41) is 8.71. The fraction of sp³-hybridized carbons (Fsp3) is 0.300. The van der Waals surface area contributed by atoms with Gasteiger partial charge in [0.1, 0.15) is 17.0 Å². The number of pyridine rings is 1. The van der Waals surface area contributed by atoms with Gasteiger partial charge < -0.3 is 20.7 Å². The van der Waals surface area contributed by atoms with Crippen LogP contribution in [0.3, 0.4) is 0 Å². The van der Waals surface area contributed by atoms with Gasteiger partial charge in [-0.1, -0.05) is 0 Å². The zero-order chi connectivity index (χ0) is 27.7. The minimum atomic E-state index is -1.24. The molecule has 2 aromatic carbocycles. The molecule has 2 aromatic heterocycles. The van der Waals surface area contributed by atoms with Crippen LogP contribution in [0.4, 0.5) is 20.2 Å². The number of carbonyl (C=O) groups excluding carboxylic acids is 2. The first-order valence-corrected chi connectivity index (χ1v) is 14.2. The van der Waals surface area contributed by atoms with Crippen molar-refractivity contribution in [2.24, 2.45) is 11.3 Å². The largest absolute Gasteiger partial charge is 0.453 e. The molecule has 1 saturated heterocycles. The average molecular weight is 563 g/mol. The summed E-state index contributed by atoms with van der Waals surface area (Å²) in [6.07, 6.45) is 5.69. The minimum absolute atomic E-state index is 0.0222. The van der Waals surface area contributed by atoms with E-state index in [2.05, 4.69) is 27.0 Å². The molecule has 40 heavy (non-hydrogen) atoms. The average Bonchev–Trinajstić information content (AvgIpc) is 3.67. The highest BCUT2D eigenvalue weighted by molar-refractivity contribution is 7.19. The van der Waals surface area contributed by atoms with Gasteiger partial charge in [0.15, 0.2) is 11.6 Å². The molecule has 3 N–H and O–H groups in total. The first kappa shape index (κ1) is 26.3. The van der Waals surface area contributed by atoms with E-state index in [4.69, 9.17) is 4.74 Å². The molecule has 0 bridgehead atoms. The maximum absolute atomic E-state index is 15.1. The Labute approximate surface area is 234 Å². The van der Waals surface area contributed by atoms with Gasteiger partial charge in [-0.3, -0.25) is 14.6 Å². The quantitative estimate of drug-likeness (QED) is 0.220. The van der Waals surface area contributed by atoms with Gasteiger partial charge in [0.05, 0.1) is 10.2 Å². The number of hydrogen-bond acceptors (Lipinski definition) is 6. The first-order valence-electron chi connectivity index (χ1n) is 13.3. The molecular weight excluding hydrogens is 534 g/mol. The lowest BCUT2D eigenvalue weighted by Gasteiger charge is -2.21. The zero-order valence-electron chi connectivity index (χ0n) is 21.6. The van der Waals surface area contributed by atoms with Crippen LogP contribution in [0.2, 0.25) is 0 Å². The van der Waals surface area contributed by atoms with Crippen LogP contribution >= 0.6 is 11.3 Å². The number of nitrogens with zero attached hydrogens (tertiary/aromatic N) is 1. The van der Waals surface area contributed by atoms with E-state index in [1.54, 1.807) is 29.7 Å². The van der Waals surface area contributed by atoms with E-state index in [9.17, 15) is 14.0 Å². The van der Waals surface area contributed by atoms with Crippen LogP contribution in [0.1, 0.15) is 30.6 Å². The summed E-state index contributed by atoms with van der Waals surface area (Å²) in [7, 11) is 0. The summed E-state index contributed by atoms with van der Waals surface area (Å²) in [5.41, 5.74) is 0.195. The summed E-state index contributed by atoms with van der Waals surface area (Å²) < 4.78 is 35.1. The topological polar surface area (TPSA) is 92.4 Å². The van der Waals surface area contributed by atoms with Crippen LogP contribution in [-0.4, -0.2) is 29.9 Å². The predicted octanol–water partition coefficient (Wildman–Crippen LogP) is 6.27. The standard InChI is InChI=1S/C30H28F2N4O3S/c31-19-1-3-20(4-2-19)35-28(37)30(10-11-30)29(38)36-21-5-6-25(23(32)16-21)39-26-9-14-34-24-17-22(40-27(24)26)15-18-7-12-33-13-8-18/h1-6,9,14,16-18,33H,7-8,10-13,15H2,(H,35,37)(H,36,38). The highest BCUT2D eigenvalue weighted by Crippen LogP contribution is 2.47. The number of hydrogen-bond donors (Lipinski definition) is 3. The van der Waals surface area contributed by atoms with E-state index in [1.807, 2.05) is 0 Å². The van der Waals surface area contributed by atoms with Crippen LogP contribution in [0.25, 0.3) is 10.2 Å². The van der Waals surface area contributed by atoms with Gasteiger partial charge in [0.25, 0.3) is 0 Å². The van der Waals surface area contributed by atoms with Gasteiger partial charge in [-0.05, 0) is 93.6 Å². The second-order valence-electron chi connectivity index (χ2n) is 10.4. The summed E-state index contributed by atoms with van der Waals surface area (Å²) in [6.45, 7) is 2.09. The third kappa shape index (κ3) is 5.55. The van der Waals surface area contributed by atoms with Crippen LogP contribution in [0.5, 0.6) is 11.5 Å². The van der Waals surface area contributed by atoms with Gasteiger partial charge >= 0.3 is 0 Å². The Morgan fingerprint density at radius 2 is 1.65 bits per heavy atom. The number of ether oxygens (including phenoxy) is 1. The van der Waals surface area contributed by atoms with Gasteiger partial charge in [0.2, 0.25) is 11.8 Å². The molecular formula is C30H28F2N4O3S. The fourth-order valence-corrected chi connectivity index (χ4v) is 6.19. The number of benzene rings is 2. The number of carbonyl (C=O) groups is 2. The molecule has 0 radical (unpaired) electrons. The van der Waals surface area contributed by atoms with Crippen molar-refractivity contribution in [1.82, 2.24) is 10.3 Å². The number of piperidine rings is 1. The van der Waals surface area contributed by atoms with Crippen LogP contribution in [-0.2, 0) is 16.0 Å². The van der Waals surface area contributed by atoms with Crippen molar-refractivity contribution in [3.8, 4) is 11.5 Å². The Morgan fingerprint density at radius 3 is 2.35 bits per heavy atom. The second-order valence-corrected chi connectivity index (χ2v) is 11.5. The molecule has 10 heteroatoms. The van der Waals surface area contributed by atoms with E-state index in [-0.39, 0.29) is 11.4 Å². The molecule has 2 fully saturated rings. The maximum atomic E-state index is 15.1. The Bertz CT molecular complexity index is 1560. The third-order valence-corrected chi connectivity index (χ3v) is 8.67. The molecule has 1 aliphatic carbocycles. The number of rotatable bonds is 8. The van der Waals surface area contributed by atoms with Crippen molar-refractivity contribution in [3.63, 3.8) is 0 Å². The van der Waals surface area contributed by atoms with Crippen molar-refractivity contribution in [1.29, 1.82) is 0 Å². The van der Waals surface area contributed by atoms with Crippen molar-refractivity contribution in [2.45, 2.75) is 32.1 Å². The number of halogens is 2. The lowest BCUT2D eigenvalue weighted by Crippen LogP contribution is -2.35. The molecule has 7 nitrogen and oxygen atoms in total. The van der Waals surface area contributed by atoms with Crippen LogP contribution in [0.15, 0.2) is 60.8 Å². The highest BCUT2D eigenvalue weighted by Gasteiger charge is 2.56. The molecule has 1 aliphatic heterocycles. The van der Waals surface area contributed by atoms with Crippen molar-refractivity contribution < 1.29 is 23.1 Å². The Balaban J connectivity index is 1.12. The van der Waals surface area contributed by atoms with Crippen LogP contribution in [0, 0.1) is 23.0 Å². The monoisotopic (exact) mass is 562 g/mol. The molecule has 0 unspecified atom stereocenters. The maximum Gasteiger partial charge on any atom is 0.240 e. The van der Waals surface area contributed by atoms with Crippen molar-refractivity contribution in [2.75, 3.05) is 23.7 Å². The Hall–Kier alpha value is -3.89. The molecule has 2 amide bonds. The minimum Gasteiger partial charge on any atom is -0.453 e. The molecule has 3 heterocycles. The number of amides is 2. The van der Waals surface area contributed by atoms with E-state index in [0.29, 0.717) is 30.2 Å². The van der Waals surface area contributed by atoms with Gasteiger partial charge in [-0.15, -0.1) is 11.3 Å². The lowest BCUT2D eigenvalue weighted by molar-refractivity contribution is -0.131. The Kier molecular flexibility index (Phi) is 7.20. The number of fused-ring (bicyclic) bond motifs is 1. The normalized spacial score (nSPS) is 16.4. The molecule has 206 valence electrons.